The van der Waals surface area contributed by atoms with Gasteiger partial charge in [-0.05, 0) is 36.3 Å². The number of piperidine rings is 1. The Bertz CT molecular complexity index is 909. The minimum Gasteiger partial charge on any atom is -0.465 e. The van der Waals surface area contributed by atoms with Crippen molar-refractivity contribution in [1.82, 2.24) is 9.88 Å². The molecule has 0 saturated carbocycles. The number of para-hydroxylation sites is 1. The summed E-state index contributed by atoms with van der Waals surface area (Å²) in [7, 11) is 1.30. The van der Waals surface area contributed by atoms with Crippen molar-refractivity contribution in [2.24, 2.45) is 5.41 Å². The van der Waals surface area contributed by atoms with Gasteiger partial charge in [-0.2, -0.15) is 0 Å². The Balaban J connectivity index is 1.65. The highest BCUT2D eigenvalue weighted by atomic mass is 16.7. The molecule has 5 rings (SSSR count). The summed E-state index contributed by atoms with van der Waals surface area (Å²) in [6.45, 7) is 3.85. The molecule has 4 heterocycles. The molecule has 27 heavy (non-hydrogen) atoms. The maximum atomic E-state index is 12.3. The number of ether oxygens (including phenoxy) is 2. The van der Waals surface area contributed by atoms with Gasteiger partial charge in [0, 0.05) is 36.1 Å². The van der Waals surface area contributed by atoms with Crippen LogP contribution in [0, 0.1) is 5.41 Å². The molecule has 2 bridgehead atoms. The van der Waals surface area contributed by atoms with Gasteiger partial charge in [-0.1, -0.05) is 25.1 Å². The largest absolute Gasteiger partial charge is 0.465 e. The molecule has 3 aliphatic heterocycles. The lowest BCUT2D eigenvalue weighted by Crippen LogP contribution is -2.64. The van der Waals surface area contributed by atoms with E-state index in [1.807, 2.05) is 0 Å². The minimum atomic E-state index is -1.86. The lowest BCUT2D eigenvalue weighted by Gasteiger charge is -2.59. The first kappa shape index (κ1) is 17.2. The molecule has 0 spiro atoms. The van der Waals surface area contributed by atoms with Crippen LogP contribution in [0.3, 0.4) is 0 Å². The summed E-state index contributed by atoms with van der Waals surface area (Å²) in [5, 5.41) is 12.3. The Hall–Kier alpha value is -1.89. The van der Waals surface area contributed by atoms with Crippen LogP contribution in [-0.4, -0.2) is 53.1 Å². The van der Waals surface area contributed by atoms with Gasteiger partial charge < -0.3 is 19.6 Å². The summed E-state index contributed by atoms with van der Waals surface area (Å²) in [5.41, 5.74) is 3.55. The highest BCUT2D eigenvalue weighted by Gasteiger charge is 2.60. The van der Waals surface area contributed by atoms with Gasteiger partial charge in [-0.3, -0.25) is 4.90 Å². The van der Waals surface area contributed by atoms with Gasteiger partial charge in [0.15, 0.2) is 0 Å². The lowest BCUT2D eigenvalue weighted by molar-refractivity contribution is -0.302. The summed E-state index contributed by atoms with van der Waals surface area (Å²) in [5.74, 6) is -2.55. The van der Waals surface area contributed by atoms with Crippen molar-refractivity contribution in [2.45, 2.75) is 50.5 Å². The van der Waals surface area contributed by atoms with Crippen molar-refractivity contribution in [3.8, 4) is 0 Å². The standard InChI is InChI=1S/C21H26N2O4/c1-3-20-10-13(27-21(25,12-20)19(24)26-2)11-23-9-8-15-14-6-4-5-7-16(14)22-17(15)18(20)23/h4-7,13,18,22,25H,3,8-12H2,1-2H3/t13-,18+,20-,21-/m0/s1. The van der Waals surface area contributed by atoms with Crippen molar-refractivity contribution >= 4 is 16.9 Å². The van der Waals surface area contributed by atoms with Gasteiger partial charge in [-0.15, -0.1) is 0 Å². The smallest absolute Gasteiger partial charge is 0.366 e. The lowest BCUT2D eigenvalue weighted by atomic mass is 9.62. The Morgan fingerprint density at radius 3 is 3.04 bits per heavy atom. The van der Waals surface area contributed by atoms with E-state index in [2.05, 4.69) is 41.1 Å². The molecule has 2 N–H and O–H groups in total. The van der Waals surface area contributed by atoms with Crippen LogP contribution in [0.5, 0.6) is 0 Å². The highest BCUT2D eigenvalue weighted by molar-refractivity contribution is 5.85. The van der Waals surface area contributed by atoms with E-state index in [1.54, 1.807) is 0 Å². The fraction of sp³-hybridized carbons (Fsp3) is 0.571. The molecular formula is C21H26N2O4. The first-order valence-electron chi connectivity index (χ1n) is 9.82. The number of aromatic amines is 1. The van der Waals surface area contributed by atoms with E-state index < -0.39 is 11.8 Å². The van der Waals surface area contributed by atoms with E-state index in [9.17, 15) is 9.90 Å². The van der Waals surface area contributed by atoms with Crippen molar-refractivity contribution in [1.29, 1.82) is 0 Å². The number of aromatic nitrogens is 1. The summed E-state index contributed by atoms with van der Waals surface area (Å²) in [4.78, 5) is 18.5. The van der Waals surface area contributed by atoms with Crippen molar-refractivity contribution in [2.75, 3.05) is 20.2 Å². The number of aliphatic hydroxyl groups is 1. The minimum absolute atomic E-state index is 0.148. The van der Waals surface area contributed by atoms with E-state index in [0.717, 1.165) is 37.9 Å². The number of methoxy groups -OCH3 is 1. The van der Waals surface area contributed by atoms with Crippen LogP contribution >= 0.6 is 0 Å². The third kappa shape index (κ3) is 2.33. The first-order valence-corrected chi connectivity index (χ1v) is 9.82. The van der Waals surface area contributed by atoms with Crippen molar-refractivity contribution in [3.63, 3.8) is 0 Å². The van der Waals surface area contributed by atoms with Gasteiger partial charge in [0.1, 0.15) is 0 Å². The third-order valence-electron chi connectivity index (χ3n) is 6.95. The van der Waals surface area contributed by atoms with Crippen LogP contribution in [0.2, 0.25) is 0 Å². The molecule has 6 heteroatoms. The second kappa shape index (κ2) is 5.80. The molecule has 0 amide bonds. The number of hydrogen-bond donors (Lipinski definition) is 2. The molecule has 0 unspecified atom stereocenters. The van der Waals surface area contributed by atoms with Crippen LogP contribution < -0.4 is 0 Å². The topological polar surface area (TPSA) is 74.8 Å². The molecular weight excluding hydrogens is 344 g/mol. The molecule has 1 aromatic heterocycles. The van der Waals surface area contributed by atoms with Crippen LogP contribution in [-0.2, 0) is 20.7 Å². The zero-order valence-corrected chi connectivity index (χ0v) is 15.8. The monoisotopic (exact) mass is 370 g/mol. The number of nitrogens with zero attached hydrogens (tertiary/aromatic N) is 1. The molecule has 3 aliphatic rings. The average Bonchev–Trinajstić information content (AvgIpc) is 3.04. The molecule has 6 nitrogen and oxygen atoms in total. The molecule has 0 aliphatic carbocycles. The molecule has 2 fully saturated rings. The zero-order valence-electron chi connectivity index (χ0n) is 15.8. The summed E-state index contributed by atoms with van der Waals surface area (Å²) in [6.07, 6.45) is 2.81. The van der Waals surface area contributed by atoms with E-state index >= 15 is 0 Å². The molecule has 144 valence electrons. The zero-order chi connectivity index (χ0) is 18.8. The molecule has 0 radical (unpaired) electrons. The molecule has 4 atom stereocenters. The van der Waals surface area contributed by atoms with Crippen LogP contribution in [0.25, 0.3) is 10.9 Å². The number of esters is 1. The SMILES string of the molecule is CC[C@@]12C[C@@H](CN3CCc4c([nH]c5ccccc45)[C@@H]31)O[C@](O)(C(=O)OC)C2. The molecule has 2 saturated heterocycles. The Morgan fingerprint density at radius 2 is 2.26 bits per heavy atom. The Kier molecular flexibility index (Phi) is 3.70. The van der Waals surface area contributed by atoms with Crippen LogP contribution in [0.15, 0.2) is 24.3 Å². The first-order chi connectivity index (χ1) is 13.0. The van der Waals surface area contributed by atoms with Crippen molar-refractivity contribution in [3.05, 3.63) is 35.5 Å². The fourth-order valence-corrected chi connectivity index (χ4v) is 5.86. The van der Waals surface area contributed by atoms with Gasteiger partial charge in [0.25, 0.3) is 5.79 Å². The average molecular weight is 370 g/mol. The maximum Gasteiger partial charge on any atom is 0.366 e. The Morgan fingerprint density at radius 1 is 1.44 bits per heavy atom. The summed E-state index contributed by atoms with van der Waals surface area (Å²) in [6, 6.07) is 8.59. The summed E-state index contributed by atoms with van der Waals surface area (Å²) < 4.78 is 10.7. The van der Waals surface area contributed by atoms with Gasteiger partial charge in [-0.25, -0.2) is 4.79 Å². The number of rotatable bonds is 2. The normalized spacial score (nSPS) is 35.5. The number of carbonyl (C=O) groups is 1. The number of H-pyrrole nitrogens is 1. The maximum absolute atomic E-state index is 12.3. The fourth-order valence-electron chi connectivity index (χ4n) is 5.86. The molecule has 2 aromatic rings. The second-order valence-electron chi connectivity index (χ2n) is 8.32. The number of nitrogens with one attached hydrogen (secondary N) is 1. The third-order valence-corrected chi connectivity index (χ3v) is 6.95. The Labute approximate surface area is 158 Å². The van der Waals surface area contributed by atoms with Crippen molar-refractivity contribution < 1.29 is 19.4 Å². The van der Waals surface area contributed by atoms with E-state index in [4.69, 9.17) is 9.47 Å². The van der Waals surface area contributed by atoms with Gasteiger partial charge in [0.2, 0.25) is 0 Å². The van der Waals surface area contributed by atoms with Crippen LogP contribution in [0.4, 0.5) is 0 Å². The van der Waals surface area contributed by atoms with E-state index in [-0.39, 0.29) is 24.0 Å². The van der Waals surface area contributed by atoms with E-state index in [1.165, 1.54) is 23.8 Å². The predicted octanol–water partition coefficient (Wildman–Crippen LogP) is 2.52. The number of fused-ring (bicyclic) bond motifs is 8. The highest BCUT2D eigenvalue weighted by Crippen LogP contribution is 2.58. The van der Waals surface area contributed by atoms with Gasteiger partial charge >= 0.3 is 5.97 Å². The van der Waals surface area contributed by atoms with Crippen LogP contribution in [0.1, 0.15) is 43.5 Å². The summed E-state index contributed by atoms with van der Waals surface area (Å²) >= 11 is 0. The second-order valence-corrected chi connectivity index (χ2v) is 8.32. The van der Waals surface area contributed by atoms with Gasteiger partial charge in [0.05, 0.1) is 19.3 Å². The number of hydrogen-bond acceptors (Lipinski definition) is 5. The molecule has 1 aromatic carbocycles. The number of benzene rings is 1. The number of carbonyl (C=O) groups excluding carboxylic acids is 1. The predicted molar refractivity (Wildman–Crippen MR) is 100 cm³/mol. The quantitative estimate of drug-likeness (QED) is 0.795. The van der Waals surface area contributed by atoms with E-state index in [0.29, 0.717) is 0 Å².